The molecular formula is C20H19NO4S2. The molecule has 0 aromatic carbocycles. The zero-order chi connectivity index (χ0) is 19.0. The van der Waals surface area contributed by atoms with Crippen LogP contribution < -0.4 is 5.32 Å². The van der Waals surface area contributed by atoms with Crippen LogP contribution in [-0.4, -0.2) is 24.3 Å². The molecule has 2 aliphatic rings. The highest BCUT2D eigenvalue weighted by molar-refractivity contribution is 7.10. The average molecular weight is 402 g/mol. The Bertz CT molecular complexity index is 899. The molecule has 27 heavy (non-hydrogen) atoms. The monoisotopic (exact) mass is 401 g/mol. The Morgan fingerprint density at radius 1 is 1.15 bits per heavy atom. The van der Waals surface area contributed by atoms with E-state index < -0.39 is 11.9 Å². The predicted molar refractivity (Wildman–Crippen MR) is 104 cm³/mol. The van der Waals surface area contributed by atoms with Crippen LogP contribution in [0.4, 0.5) is 0 Å². The van der Waals surface area contributed by atoms with Crippen molar-refractivity contribution in [2.45, 2.75) is 31.6 Å². The zero-order valence-electron chi connectivity index (χ0n) is 14.8. The first-order chi connectivity index (χ1) is 13.1. The molecule has 4 rings (SSSR count). The minimum Gasteiger partial charge on any atom is -0.465 e. The second kappa shape index (κ2) is 7.40. The highest BCUT2D eigenvalue weighted by Crippen LogP contribution is 2.47. The van der Waals surface area contributed by atoms with Crippen molar-refractivity contribution in [3.8, 4) is 0 Å². The third-order valence-electron chi connectivity index (χ3n) is 5.06. The van der Waals surface area contributed by atoms with E-state index in [0.717, 1.165) is 9.75 Å². The number of carbonyl (C=O) groups excluding carboxylic acids is 3. The van der Waals surface area contributed by atoms with Gasteiger partial charge in [-0.25, -0.2) is 0 Å². The number of ketones is 1. The third-order valence-corrected chi connectivity index (χ3v) is 7.05. The van der Waals surface area contributed by atoms with Crippen LogP contribution in [0.15, 0.2) is 46.3 Å². The second-order valence-corrected chi connectivity index (χ2v) is 8.59. The van der Waals surface area contributed by atoms with Gasteiger partial charge in [-0.15, -0.1) is 22.7 Å². The smallest absolute Gasteiger partial charge is 0.317 e. The minimum absolute atomic E-state index is 0.0838. The van der Waals surface area contributed by atoms with E-state index in [2.05, 4.69) is 5.32 Å². The number of ether oxygens (including phenoxy) is 1. The van der Waals surface area contributed by atoms with Crippen molar-refractivity contribution in [2.75, 3.05) is 6.61 Å². The van der Waals surface area contributed by atoms with Gasteiger partial charge in [0.05, 0.1) is 6.61 Å². The lowest BCUT2D eigenvalue weighted by Gasteiger charge is -2.37. The summed E-state index contributed by atoms with van der Waals surface area (Å²) in [5.41, 5.74) is 1.23. The van der Waals surface area contributed by atoms with Gasteiger partial charge in [-0.05, 0) is 36.2 Å². The molecule has 5 nitrogen and oxygen atoms in total. The molecule has 1 N–H and O–H groups in total. The van der Waals surface area contributed by atoms with Crippen molar-refractivity contribution in [1.82, 2.24) is 5.32 Å². The van der Waals surface area contributed by atoms with Gasteiger partial charge in [-0.3, -0.25) is 14.4 Å². The summed E-state index contributed by atoms with van der Waals surface area (Å²) in [6.45, 7) is 1.97. The molecule has 140 valence electrons. The van der Waals surface area contributed by atoms with Crippen LogP contribution in [-0.2, 0) is 19.1 Å². The summed E-state index contributed by atoms with van der Waals surface area (Å²) < 4.78 is 5.24. The number of amides is 1. The van der Waals surface area contributed by atoms with Gasteiger partial charge in [0.25, 0.3) is 0 Å². The Kier molecular flexibility index (Phi) is 4.97. The normalized spacial score (nSPS) is 25.1. The van der Waals surface area contributed by atoms with Crippen molar-refractivity contribution in [1.29, 1.82) is 0 Å². The Morgan fingerprint density at radius 2 is 1.85 bits per heavy atom. The predicted octanol–water partition coefficient (Wildman–Crippen LogP) is 3.60. The van der Waals surface area contributed by atoms with Crippen LogP contribution in [0.25, 0.3) is 0 Å². The molecule has 0 spiro atoms. The largest absolute Gasteiger partial charge is 0.465 e. The summed E-state index contributed by atoms with van der Waals surface area (Å²) in [5.74, 6) is -2.24. The van der Waals surface area contributed by atoms with E-state index in [1.807, 2.05) is 35.0 Å². The summed E-state index contributed by atoms with van der Waals surface area (Å²) in [4.78, 5) is 40.4. The van der Waals surface area contributed by atoms with Crippen molar-refractivity contribution >= 4 is 40.3 Å². The van der Waals surface area contributed by atoms with Crippen molar-refractivity contribution < 1.29 is 19.1 Å². The Morgan fingerprint density at radius 3 is 2.48 bits per heavy atom. The molecule has 1 aliphatic carbocycles. The van der Waals surface area contributed by atoms with Crippen LogP contribution in [0, 0.1) is 5.92 Å². The van der Waals surface area contributed by atoms with E-state index >= 15 is 0 Å². The third kappa shape index (κ3) is 3.26. The number of thiophene rings is 2. The van der Waals surface area contributed by atoms with Crippen LogP contribution >= 0.6 is 22.7 Å². The van der Waals surface area contributed by atoms with Crippen molar-refractivity contribution in [3.05, 3.63) is 56.1 Å². The Hall–Kier alpha value is -2.25. The van der Waals surface area contributed by atoms with Gasteiger partial charge in [0.1, 0.15) is 5.92 Å². The first-order valence-electron chi connectivity index (χ1n) is 8.90. The van der Waals surface area contributed by atoms with Crippen LogP contribution in [0.3, 0.4) is 0 Å². The van der Waals surface area contributed by atoms with Crippen molar-refractivity contribution in [3.63, 3.8) is 0 Å². The highest BCUT2D eigenvalue weighted by atomic mass is 32.1. The molecule has 7 heteroatoms. The van der Waals surface area contributed by atoms with Gasteiger partial charge >= 0.3 is 5.97 Å². The first kappa shape index (κ1) is 18.1. The number of carbonyl (C=O) groups is 3. The molecule has 0 unspecified atom stereocenters. The van der Waals surface area contributed by atoms with Crippen LogP contribution in [0.5, 0.6) is 0 Å². The molecule has 2 aromatic rings. The minimum atomic E-state index is -0.861. The summed E-state index contributed by atoms with van der Waals surface area (Å²) in [5, 5.41) is 6.77. The molecule has 0 saturated heterocycles. The SMILES string of the molecule is CCOC(=O)[C@@H]1C(=O)C2=C(C[C@@H]1c1cccs1)NC(=O)C[C@@H]2c1cccs1. The first-order valence-corrected chi connectivity index (χ1v) is 10.7. The average Bonchev–Trinajstić information content (AvgIpc) is 3.34. The molecule has 2 aromatic heterocycles. The van der Waals surface area contributed by atoms with E-state index in [1.165, 1.54) is 22.7 Å². The van der Waals surface area contributed by atoms with Crippen molar-refractivity contribution in [2.24, 2.45) is 5.92 Å². The maximum Gasteiger partial charge on any atom is 0.317 e. The van der Waals surface area contributed by atoms with Gasteiger partial charge < -0.3 is 10.1 Å². The Labute approximate surface area is 165 Å². The van der Waals surface area contributed by atoms with E-state index in [4.69, 9.17) is 4.74 Å². The van der Waals surface area contributed by atoms with E-state index in [0.29, 0.717) is 17.7 Å². The standard InChI is InChI=1S/C20H19NO4S2/c1-2-25-20(24)18-11(14-5-3-7-26-14)9-13-17(19(18)23)12(10-16(22)21-13)15-6-4-8-27-15/h3-8,11-12,18H,2,9-10H2,1H3,(H,21,22)/t11-,12-,18+/m1/s1. The number of Topliss-reactive ketones (excluding diaryl/α,β-unsaturated/α-hetero) is 1. The number of hydrogen-bond acceptors (Lipinski definition) is 6. The van der Waals surface area contributed by atoms with E-state index in [-0.39, 0.29) is 36.6 Å². The number of rotatable bonds is 4. The quantitative estimate of drug-likeness (QED) is 0.628. The molecule has 0 radical (unpaired) electrons. The number of allylic oxidation sites excluding steroid dienone is 2. The fraction of sp³-hybridized carbons (Fsp3) is 0.350. The topological polar surface area (TPSA) is 72.5 Å². The lowest BCUT2D eigenvalue weighted by atomic mass is 9.70. The molecule has 0 saturated carbocycles. The van der Waals surface area contributed by atoms with Crippen LogP contribution in [0.2, 0.25) is 0 Å². The molecule has 0 fully saturated rings. The Balaban J connectivity index is 1.80. The molecule has 3 atom stereocenters. The molecule has 3 heterocycles. The van der Waals surface area contributed by atoms with E-state index in [9.17, 15) is 14.4 Å². The lowest BCUT2D eigenvalue weighted by molar-refractivity contribution is -0.152. The van der Waals surface area contributed by atoms with E-state index in [1.54, 1.807) is 6.92 Å². The maximum atomic E-state index is 13.5. The van der Waals surface area contributed by atoms with Gasteiger partial charge in [0.2, 0.25) is 5.91 Å². The molecule has 1 aliphatic heterocycles. The second-order valence-electron chi connectivity index (χ2n) is 6.63. The van der Waals surface area contributed by atoms with Gasteiger partial charge in [-0.2, -0.15) is 0 Å². The summed E-state index contributed by atoms with van der Waals surface area (Å²) in [7, 11) is 0. The zero-order valence-corrected chi connectivity index (χ0v) is 16.4. The summed E-state index contributed by atoms with van der Waals surface area (Å²) in [6, 6.07) is 7.69. The van der Waals surface area contributed by atoms with Crippen LogP contribution in [0.1, 0.15) is 41.4 Å². The summed E-state index contributed by atoms with van der Waals surface area (Å²) in [6.07, 6.45) is 0.684. The number of nitrogens with one attached hydrogen (secondary N) is 1. The van der Waals surface area contributed by atoms with Gasteiger partial charge in [-0.1, -0.05) is 12.1 Å². The highest BCUT2D eigenvalue weighted by Gasteiger charge is 2.48. The lowest BCUT2D eigenvalue weighted by Crippen LogP contribution is -2.44. The maximum absolute atomic E-state index is 13.5. The van der Waals surface area contributed by atoms with Gasteiger partial charge in [0.15, 0.2) is 5.78 Å². The fourth-order valence-corrected chi connectivity index (χ4v) is 5.66. The number of esters is 1. The van der Waals surface area contributed by atoms with Gasteiger partial charge in [0, 0.05) is 39.3 Å². The fourth-order valence-electron chi connectivity index (χ4n) is 3.96. The number of hydrogen-bond donors (Lipinski definition) is 1. The summed E-state index contributed by atoms with van der Waals surface area (Å²) >= 11 is 3.04. The molecule has 0 bridgehead atoms. The molecular weight excluding hydrogens is 382 g/mol. The molecule has 1 amide bonds.